The first kappa shape index (κ1) is 17.4. The van der Waals surface area contributed by atoms with Crippen LogP contribution in [0.25, 0.3) is 11.6 Å². The zero-order valence-electron chi connectivity index (χ0n) is 14.4. The predicted molar refractivity (Wildman–Crippen MR) is 102 cm³/mol. The van der Waals surface area contributed by atoms with Crippen LogP contribution >= 0.6 is 0 Å². The topological polar surface area (TPSA) is 33.0 Å². The van der Waals surface area contributed by atoms with E-state index in [4.69, 9.17) is 4.74 Å². The van der Waals surface area contributed by atoms with Crippen LogP contribution < -0.4 is 4.74 Å². The molecular weight excluding hydrogens is 325 g/mol. The number of halogens is 1. The van der Waals surface area contributed by atoms with E-state index in [0.29, 0.717) is 17.9 Å². The predicted octanol–water partition coefficient (Wildman–Crippen LogP) is 5.78. The molecule has 0 saturated heterocycles. The molecule has 3 heteroatoms. The van der Waals surface area contributed by atoms with E-state index in [2.05, 4.69) is 6.07 Å². The van der Waals surface area contributed by atoms with Gasteiger partial charge in [-0.3, -0.25) is 0 Å². The molecule has 0 aliphatic carbocycles. The average Bonchev–Trinajstić information content (AvgIpc) is 2.66. The van der Waals surface area contributed by atoms with E-state index in [9.17, 15) is 9.65 Å². The zero-order chi connectivity index (χ0) is 18.4. The molecule has 0 aliphatic rings. The number of nitriles is 1. The maximum atomic E-state index is 13.2. The summed E-state index contributed by atoms with van der Waals surface area (Å²) in [6.07, 6.45) is 1.85. The molecule has 0 aromatic heterocycles. The second-order valence-electron chi connectivity index (χ2n) is 6.02. The molecule has 128 valence electrons. The minimum atomic E-state index is -0.272. The molecular formula is C23H18FNO. The highest BCUT2D eigenvalue weighted by atomic mass is 19.1. The van der Waals surface area contributed by atoms with Crippen molar-refractivity contribution in [3.05, 3.63) is 101 Å². The van der Waals surface area contributed by atoms with E-state index in [1.54, 1.807) is 6.07 Å². The molecule has 0 amide bonds. The van der Waals surface area contributed by atoms with Gasteiger partial charge in [-0.05, 0) is 54.0 Å². The fourth-order valence-corrected chi connectivity index (χ4v) is 2.53. The van der Waals surface area contributed by atoms with Gasteiger partial charge in [-0.1, -0.05) is 54.1 Å². The number of nitrogens with zero attached hydrogens (tertiary/aromatic N) is 1. The highest BCUT2D eigenvalue weighted by Gasteiger charge is 2.02. The molecule has 0 atom stereocenters. The van der Waals surface area contributed by atoms with Crippen molar-refractivity contribution >= 4 is 11.6 Å². The summed E-state index contributed by atoms with van der Waals surface area (Å²) in [7, 11) is 0. The monoisotopic (exact) mass is 343 g/mol. The van der Waals surface area contributed by atoms with Crippen LogP contribution in [0.1, 0.15) is 22.3 Å². The van der Waals surface area contributed by atoms with Gasteiger partial charge in [-0.15, -0.1) is 0 Å². The summed E-state index contributed by atoms with van der Waals surface area (Å²) in [4.78, 5) is 0. The molecule has 26 heavy (non-hydrogen) atoms. The van der Waals surface area contributed by atoms with Crippen LogP contribution in [0.3, 0.4) is 0 Å². The van der Waals surface area contributed by atoms with Crippen molar-refractivity contribution in [2.45, 2.75) is 13.5 Å². The van der Waals surface area contributed by atoms with E-state index in [1.165, 1.54) is 12.1 Å². The van der Waals surface area contributed by atoms with E-state index in [-0.39, 0.29) is 5.82 Å². The van der Waals surface area contributed by atoms with Gasteiger partial charge in [0.05, 0.1) is 11.6 Å². The molecule has 0 aliphatic heterocycles. The normalized spacial score (nSPS) is 11.0. The van der Waals surface area contributed by atoms with Crippen LogP contribution in [0.2, 0.25) is 0 Å². The number of aryl methyl sites for hydroxylation is 1. The first-order valence-electron chi connectivity index (χ1n) is 8.30. The van der Waals surface area contributed by atoms with E-state index in [1.807, 2.05) is 67.6 Å². The fourth-order valence-electron chi connectivity index (χ4n) is 2.53. The van der Waals surface area contributed by atoms with Gasteiger partial charge in [0.25, 0.3) is 0 Å². The lowest BCUT2D eigenvalue weighted by molar-refractivity contribution is 0.305. The summed E-state index contributed by atoms with van der Waals surface area (Å²) in [5.41, 5.74) is 4.36. The Balaban J connectivity index is 1.70. The van der Waals surface area contributed by atoms with Crippen molar-refractivity contribution in [3.8, 4) is 11.8 Å². The van der Waals surface area contributed by atoms with Crippen LogP contribution in [0.15, 0.2) is 72.8 Å². The van der Waals surface area contributed by atoms with Crippen molar-refractivity contribution in [2.24, 2.45) is 0 Å². The van der Waals surface area contributed by atoms with Crippen LogP contribution in [0, 0.1) is 24.1 Å². The number of rotatable bonds is 5. The van der Waals surface area contributed by atoms with Gasteiger partial charge in [0.1, 0.15) is 18.2 Å². The largest absolute Gasteiger partial charge is 0.489 e. The van der Waals surface area contributed by atoms with E-state index >= 15 is 0 Å². The number of hydrogen-bond donors (Lipinski definition) is 0. The van der Waals surface area contributed by atoms with Crippen LogP contribution in [0.4, 0.5) is 4.39 Å². The Labute approximate surface area is 152 Å². The van der Waals surface area contributed by atoms with Gasteiger partial charge in [0.15, 0.2) is 0 Å². The molecule has 3 aromatic carbocycles. The average molecular weight is 343 g/mol. The fraction of sp³-hybridized carbons (Fsp3) is 0.0870. The Morgan fingerprint density at radius 2 is 1.77 bits per heavy atom. The summed E-state index contributed by atoms with van der Waals surface area (Å²) in [6.45, 7) is 2.32. The van der Waals surface area contributed by atoms with Gasteiger partial charge in [-0.25, -0.2) is 4.39 Å². The van der Waals surface area contributed by atoms with Crippen LogP contribution in [0.5, 0.6) is 5.75 Å². The highest BCUT2D eigenvalue weighted by molar-refractivity contribution is 5.89. The van der Waals surface area contributed by atoms with Crippen molar-refractivity contribution in [1.82, 2.24) is 0 Å². The van der Waals surface area contributed by atoms with Crippen molar-refractivity contribution in [2.75, 3.05) is 0 Å². The Kier molecular flexibility index (Phi) is 5.46. The van der Waals surface area contributed by atoms with Crippen molar-refractivity contribution in [3.63, 3.8) is 0 Å². The Hall–Kier alpha value is -3.38. The summed E-state index contributed by atoms with van der Waals surface area (Å²) in [6, 6.07) is 23.9. The highest BCUT2D eigenvalue weighted by Crippen LogP contribution is 2.20. The van der Waals surface area contributed by atoms with Gasteiger partial charge >= 0.3 is 0 Å². The Morgan fingerprint density at radius 3 is 2.42 bits per heavy atom. The van der Waals surface area contributed by atoms with E-state index in [0.717, 1.165) is 22.3 Å². The van der Waals surface area contributed by atoms with Gasteiger partial charge in [-0.2, -0.15) is 5.26 Å². The number of allylic oxidation sites excluding steroid dienone is 1. The third-order valence-corrected chi connectivity index (χ3v) is 3.97. The standard InChI is InChI=1S/C23H18FNO/c1-17-5-9-20(10-6-17)21(15-25)13-18-7-11-23(12-8-18)26-16-19-3-2-4-22(24)14-19/h2-14H,16H2,1H3/b21-13-. The minimum absolute atomic E-state index is 0.272. The third kappa shape index (κ3) is 4.58. The van der Waals surface area contributed by atoms with Crippen molar-refractivity contribution in [1.29, 1.82) is 5.26 Å². The summed E-state index contributed by atoms with van der Waals surface area (Å²) in [5.74, 6) is 0.423. The third-order valence-electron chi connectivity index (χ3n) is 3.97. The smallest absolute Gasteiger partial charge is 0.123 e. The molecule has 2 nitrogen and oxygen atoms in total. The van der Waals surface area contributed by atoms with Gasteiger partial charge in [0, 0.05) is 0 Å². The lowest BCUT2D eigenvalue weighted by Gasteiger charge is -2.07. The first-order valence-corrected chi connectivity index (χ1v) is 8.30. The Bertz CT molecular complexity index is 951. The maximum Gasteiger partial charge on any atom is 0.123 e. The number of hydrogen-bond acceptors (Lipinski definition) is 2. The number of benzene rings is 3. The maximum absolute atomic E-state index is 13.2. The SMILES string of the molecule is Cc1ccc(/C(C#N)=C\c2ccc(OCc3cccc(F)c3)cc2)cc1. The van der Waals surface area contributed by atoms with E-state index < -0.39 is 0 Å². The molecule has 0 fully saturated rings. The van der Waals surface area contributed by atoms with Crippen molar-refractivity contribution < 1.29 is 9.13 Å². The molecule has 0 spiro atoms. The zero-order valence-corrected chi connectivity index (χ0v) is 14.4. The molecule has 0 bridgehead atoms. The second kappa shape index (κ2) is 8.13. The van der Waals surface area contributed by atoms with Gasteiger partial charge < -0.3 is 4.74 Å². The molecule has 0 unspecified atom stereocenters. The summed E-state index contributed by atoms with van der Waals surface area (Å²) < 4.78 is 18.9. The minimum Gasteiger partial charge on any atom is -0.489 e. The first-order chi connectivity index (χ1) is 12.6. The number of ether oxygens (including phenoxy) is 1. The van der Waals surface area contributed by atoms with Crippen LogP contribution in [-0.4, -0.2) is 0 Å². The Morgan fingerprint density at radius 1 is 1.04 bits per heavy atom. The lowest BCUT2D eigenvalue weighted by Crippen LogP contribution is -1.95. The van der Waals surface area contributed by atoms with Crippen LogP contribution in [-0.2, 0) is 6.61 Å². The molecule has 0 N–H and O–H groups in total. The van der Waals surface area contributed by atoms with Gasteiger partial charge in [0.2, 0.25) is 0 Å². The molecule has 0 heterocycles. The molecule has 0 saturated carbocycles. The quantitative estimate of drug-likeness (QED) is 0.435. The molecule has 0 radical (unpaired) electrons. The molecule has 3 aromatic rings. The summed E-state index contributed by atoms with van der Waals surface area (Å²) in [5, 5.41) is 9.42. The molecule has 3 rings (SSSR count). The summed E-state index contributed by atoms with van der Waals surface area (Å²) >= 11 is 0. The second-order valence-corrected chi connectivity index (χ2v) is 6.02. The lowest BCUT2D eigenvalue weighted by atomic mass is 10.0.